The number of likely N-dealkylation sites (tertiary alicyclic amines) is 1. The fourth-order valence-electron chi connectivity index (χ4n) is 2.42. The van der Waals surface area contributed by atoms with E-state index in [0.717, 1.165) is 19.5 Å². The molecule has 1 fully saturated rings. The molecule has 0 aliphatic carbocycles. The Hall–Kier alpha value is -2.02. The summed E-state index contributed by atoms with van der Waals surface area (Å²) in [4.78, 5) is 26.8. The first-order valence-electron chi connectivity index (χ1n) is 7.01. The van der Waals surface area contributed by atoms with Crippen LogP contribution in [0.5, 0.6) is 0 Å². The highest BCUT2D eigenvalue weighted by atomic mass is 32.1. The molecule has 3 rings (SSSR count). The SMILES string of the molecule is CC1CCCN(C(=O)c2csc(Nc3ncccn3)n2)C1. The summed E-state index contributed by atoms with van der Waals surface area (Å²) in [5.74, 6) is 1.06. The van der Waals surface area contributed by atoms with Gasteiger partial charge in [0.05, 0.1) is 0 Å². The number of anilines is 2. The second-order valence-corrected chi connectivity index (χ2v) is 6.09. The Bertz CT molecular complexity index is 615. The number of carbonyl (C=O) groups is 1. The van der Waals surface area contributed by atoms with Crippen LogP contribution in [0.15, 0.2) is 23.8 Å². The second kappa shape index (κ2) is 6.17. The molecule has 110 valence electrons. The standard InChI is InChI=1S/C14H17N5OS/c1-10-4-2-7-19(8-10)12(20)11-9-21-14(17-11)18-13-15-5-3-6-16-13/h3,5-6,9-10H,2,4,7-8H2,1H3,(H,15,16,17,18). The number of rotatable bonds is 3. The number of aromatic nitrogens is 3. The molecule has 1 aliphatic rings. The summed E-state index contributed by atoms with van der Waals surface area (Å²) in [5, 5.41) is 5.42. The molecule has 3 heterocycles. The van der Waals surface area contributed by atoms with E-state index < -0.39 is 0 Å². The van der Waals surface area contributed by atoms with Crippen LogP contribution in [0.25, 0.3) is 0 Å². The van der Waals surface area contributed by atoms with Crippen LogP contribution in [0.4, 0.5) is 11.1 Å². The minimum Gasteiger partial charge on any atom is -0.337 e. The molecular formula is C14H17N5OS. The second-order valence-electron chi connectivity index (χ2n) is 5.23. The van der Waals surface area contributed by atoms with Gasteiger partial charge in [-0.1, -0.05) is 6.92 Å². The average Bonchev–Trinajstić information content (AvgIpc) is 2.96. The first kappa shape index (κ1) is 13.9. The molecule has 7 heteroatoms. The molecule has 0 spiro atoms. The molecule has 1 amide bonds. The molecule has 6 nitrogen and oxygen atoms in total. The normalized spacial score (nSPS) is 18.5. The van der Waals surface area contributed by atoms with Crippen molar-refractivity contribution in [3.63, 3.8) is 0 Å². The molecular weight excluding hydrogens is 286 g/mol. The van der Waals surface area contributed by atoms with Gasteiger partial charge in [-0.05, 0) is 24.8 Å². The van der Waals surface area contributed by atoms with Gasteiger partial charge in [0.1, 0.15) is 5.69 Å². The first-order chi connectivity index (χ1) is 10.2. The molecule has 0 bridgehead atoms. The maximum atomic E-state index is 12.4. The van der Waals surface area contributed by atoms with E-state index in [1.807, 2.05) is 4.90 Å². The van der Waals surface area contributed by atoms with Gasteiger partial charge in [-0.15, -0.1) is 11.3 Å². The Balaban J connectivity index is 1.68. The van der Waals surface area contributed by atoms with Gasteiger partial charge in [-0.25, -0.2) is 15.0 Å². The summed E-state index contributed by atoms with van der Waals surface area (Å²) in [6.45, 7) is 3.83. The highest BCUT2D eigenvalue weighted by molar-refractivity contribution is 7.14. The zero-order valence-electron chi connectivity index (χ0n) is 11.8. The summed E-state index contributed by atoms with van der Waals surface area (Å²) < 4.78 is 0. The van der Waals surface area contributed by atoms with E-state index in [-0.39, 0.29) is 5.91 Å². The summed E-state index contributed by atoms with van der Waals surface area (Å²) in [7, 11) is 0. The minimum atomic E-state index is 0.0137. The molecule has 1 N–H and O–H groups in total. The Labute approximate surface area is 127 Å². The topological polar surface area (TPSA) is 71.0 Å². The van der Waals surface area contributed by atoms with Crippen LogP contribution < -0.4 is 5.32 Å². The van der Waals surface area contributed by atoms with Gasteiger partial charge >= 0.3 is 0 Å². The Kier molecular flexibility index (Phi) is 4.10. The molecule has 1 unspecified atom stereocenters. The monoisotopic (exact) mass is 303 g/mol. The smallest absolute Gasteiger partial charge is 0.273 e. The summed E-state index contributed by atoms with van der Waals surface area (Å²) in [6, 6.07) is 1.75. The number of nitrogens with zero attached hydrogens (tertiary/aromatic N) is 4. The van der Waals surface area contributed by atoms with Crippen LogP contribution in [0.2, 0.25) is 0 Å². The van der Waals surface area contributed by atoms with Crippen LogP contribution in [0.3, 0.4) is 0 Å². The lowest BCUT2D eigenvalue weighted by molar-refractivity contribution is 0.0678. The van der Waals surface area contributed by atoms with Crippen molar-refractivity contribution in [3.8, 4) is 0 Å². The fourth-order valence-corrected chi connectivity index (χ4v) is 3.10. The predicted octanol–water partition coefficient (Wildman–Crippen LogP) is 2.55. The van der Waals surface area contributed by atoms with Gasteiger partial charge < -0.3 is 10.2 Å². The molecule has 2 aromatic rings. The van der Waals surface area contributed by atoms with Gasteiger partial charge in [-0.2, -0.15) is 0 Å². The molecule has 0 aromatic carbocycles. The van der Waals surface area contributed by atoms with Crippen molar-refractivity contribution in [1.82, 2.24) is 19.9 Å². The van der Waals surface area contributed by atoms with E-state index in [9.17, 15) is 4.79 Å². The maximum absolute atomic E-state index is 12.4. The molecule has 1 atom stereocenters. The van der Waals surface area contributed by atoms with Gasteiger partial charge in [0.25, 0.3) is 5.91 Å². The third-order valence-corrected chi connectivity index (χ3v) is 4.21. The lowest BCUT2D eigenvalue weighted by Crippen LogP contribution is -2.39. The first-order valence-corrected chi connectivity index (χ1v) is 7.89. The molecule has 1 saturated heterocycles. The number of carbonyl (C=O) groups excluding carboxylic acids is 1. The molecule has 21 heavy (non-hydrogen) atoms. The number of amides is 1. The van der Waals surface area contributed by atoms with E-state index in [0.29, 0.717) is 22.7 Å². The zero-order chi connectivity index (χ0) is 14.7. The lowest BCUT2D eigenvalue weighted by Gasteiger charge is -2.30. The van der Waals surface area contributed by atoms with Crippen molar-refractivity contribution in [2.45, 2.75) is 19.8 Å². The Morgan fingerprint density at radius 2 is 2.24 bits per heavy atom. The number of hydrogen-bond acceptors (Lipinski definition) is 6. The Morgan fingerprint density at radius 3 is 3.00 bits per heavy atom. The van der Waals surface area contributed by atoms with Crippen molar-refractivity contribution in [2.24, 2.45) is 5.92 Å². The fraction of sp³-hybridized carbons (Fsp3) is 0.429. The third kappa shape index (κ3) is 3.36. The van der Waals surface area contributed by atoms with Crippen molar-refractivity contribution < 1.29 is 4.79 Å². The summed E-state index contributed by atoms with van der Waals surface area (Å²) >= 11 is 1.39. The maximum Gasteiger partial charge on any atom is 0.273 e. The van der Waals surface area contributed by atoms with Crippen LogP contribution in [0.1, 0.15) is 30.3 Å². The number of thiazole rings is 1. The molecule has 2 aromatic heterocycles. The highest BCUT2D eigenvalue weighted by Crippen LogP contribution is 2.22. The van der Waals surface area contributed by atoms with Gasteiger partial charge in [0.15, 0.2) is 5.13 Å². The van der Waals surface area contributed by atoms with Crippen LogP contribution in [0, 0.1) is 5.92 Å². The quantitative estimate of drug-likeness (QED) is 0.943. The van der Waals surface area contributed by atoms with Crippen molar-refractivity contribution >= 4 is 28.3 Å². The zero-order valence-corrected chi connectivity index (χ0v) is 12.6. The Morgan fingerprint density at radius 1 is 1.43 bits per heavy atom. The van der Waals surface area contributed by atoms with Crippen molar-refractivity contribution in [3.05, 3.63) is 29.5 Å². The number of hydrogen-bond donors (Lipinski definition) is 1. The van der Waals surface area contributed by atoms with Crippen LogP contribution >= 0.6 is 11.3 Å². The largest absolute Gasteiger partial charge is 0.337 e. The number of piperidine rings is 1. The summed E-state index contributed by atoms with van der Waals surface area (Å²) in [5.41, 5.74) is 0.493. The number of nitrogens with one attached hydrogen (secondary N) is 1. The van der Waals surface area contributed by atoms with E-state index in [2.05, 4.69) is 27.2 Å². The van der Waals surface area contributed by atoms with Crippen molar-refractivity contribution in [1.29, 1.82) is 0 Å². The van der Waals surface area contributed by atoms with Crippen molar-refractivity contribution in [2.75, 3.05) is 18.4 Å². The summed E-state index contributed by atoms with van der Waals surface area (Å²) in [6.07, 6.45) is 5.58. The van der Waals surface area contributed by atoms with Gasteiger partial charge in [-0.3, -0.25) is 4.79 Å². The predicted molar refractivity (Wildman–Crippen MR) is 81.7 cm³/mol. The molecule has 0 saturated carbocycles. The highest BCUT2D eigenvalue weighted by Gasteiger charge is 2.23. The van der Waals surface area contributed by atoms with E-state index in [1.54, 1.807) is 23.8 Å². The van der Waals surface area contributed by atoms with Gasteiger partial charge in [0.2, 0.25) is 5.95 Å². The minimum absolute atomic E-state index is 0.0137. The van der Waals surface area contributed by atoms with E-state index in [1.165, 1.54) is 17.8 Å². The lowest BCUT2D eigenvalue weighted by atomic mass is 10.0. The average molecular weight is 303 g/mol. The molecule has 0 radical (unpaired) electrons. The third-order valence-electron chi connectivity index (χ3n) is 3.45. The van der Waals surface area contributed by atoms with E-state index >= 15 is 0 Å². The van der Waals surface area contributed by atoms with Crippen LogP contribution in [-0.4, -0.2) is 38.8 Å². The van der Waals surface area contributed by atoms with E-state index in [4.69, 9.17) is 0 Å². The van der Waals surface area contributed by atoms with Crippen LogP contribution in [-0.2, 0) is 0 Å². The van der Waals surface area contributed by atoms with Gasteiger partial charge in [0, 0.05) is 30.9 Å². The molecule has 1 aliphatic heterocycles.